The van der Waals surface area contributed by atoms with E-state index in [2.05, 4.69) is 14.6 Å². The van der Waals surface area contributed by atoms with Gasteiger partial charge in [-0.15, -0.1) is 0 Å². The maximum absolute atomic E-state index is 12.4. The zero-order chi connectivity index (χ0) is 20.0. The number of piperazine rings is 1. The largest absolute Gasteiger partial charge is 0.337 e. The van der Waals surface area contributed by atoms with E-state index in [-0.39, 0.29) is 10.8 Å². The molecular weight excluding hydrogens is 376 g/mol. The number of benzene rings is 1. The molecule has 0 radical (unpaired) electrons. The molecule has 0 bridgehead atoms. The predicted molar refractivity (Wildman–Crippen MR) is 108 cm³/mol. The van der Waals surface area contributed by atoms with Crippen LogP contribution in [0.25, 0.3) is 6.08 Å². The predicted octanol–water partition coefficient (Wildman–Crippen LogP) is 1.35. The van der Waals surface area contributed by atoms with Crippen molar-refractivity contribution in [1.29, 1.82) is 0 Å². The lowest BCUT2D eigenvalue weighted by Gasteiger charge is -2.34. The van der Waals surface area contributed by atoms with Crippen molar-refractivity contribution in [2.24, 2.45) is 0 Å². The molecule has 0 aliphatic carbocycles. The Morgan fingerprint density at radius 3 is 2.32 bits per heavy atom. The van der Waals surface area contributed by atoms with Gasteiger partial charge in [0.1, 0.15) is 0 Å². The van der Waals surface area contributed by atoms with Crippen molar-refractivity contribution in [3.63, 3.8) is 0 Å². The molecule has 0 saturated carbocycles. The van der Waals surface area contributed by atoms with Crippen molar-refractivity contribution in [2.45, 2.75) is 11.4 Å². The summed E-state index contributed by atoms with van der Waals surface area (Å²) in [6.07, 6.45) is 6.84. The number of nitrogens with zero attached hydrogens (tertiary/aromatic N) is 3. The van der Waals surface area contributed by atoms with E-state index >= 15 is 0 Å². The average molecular weight is 401 g/mol. The zero-order valence-electron chi connectivity index (χ0n) is 15.8. The molecule has 1 aliphatic heterocycles. The maximum atomic E-state index is 12.4. The van der Waals surface area contributed by atoms with Crippen LogP contribution < -0.4 is 4.72 Å². The minimum absolute atomic E-state index is 0.0320. The lowest BCUT2D eigenvalue weighted by atomic mass is 10.2. The summed E-state index contributed by atoms with van der Waals surface area (Å²) in [4.78, 5) is 20.8. The third-order valence-corrected chi connectivity index (χ3v) is 6.15. The van der Waals surface area contributed by atoms with Crippen LogP contribution in [0.5, 0.6) is 0 Å². The highest BCUT2D eigenvalue weighted by Crippen LogP contribution is 2.12. The van der Waals surface area contributed by atoms with Gasteiger partial charge in [-0.05, 0) is 48.5 Å². The number of amides is 1. The van der Waals surface area contributed by atoms with Crippen molar-refractivity contribution in [1.82, 2.24) is 19.5 Å². The Balaban J connectivity index is 1.51. The Bertz CT molecular complexity index is 920. The van der Waals surface area contributed by atoms with E-state index in [1.165, 1.54) is 24.7 Å². The van der Waals surface area contributed by atoms with Gasteiger partial charge < -0.3 is 4.90 Å². The Morgan fingerprint density at radius 2 is 1.71 bits per heavy atom. The van der Waals surface area contributed by atoms with Gasteiger partial charge in [-0.2, -0.15) is 0 Å². The first-order valence-electron chi connectivity index (χ1n) is 9.10. The van der Waals surface area contributed by atoms with E-state index in [9.17, 15) is 13.2 Å². The monoisotopic (exact) mass is 400 g/mol. The van der Waals surface area contributed by atoms with Gasteiger partial charge in [0.25, 0.3) is 0 Å². The van der Waals surface area contributed by atoms with Gasteiger partial charge in [-0.25, -0.2) is 13.1 Å². The summed E-state index contributed by atoms with van der Waals surface area (Å²) in [5, 5.41) is 0. The van der Waals surface area contributed by atoms with Crippen LogP contribution in [-0.4, -0.2) is 62.3 Å². The van der Waals surface area contributed by atoms with Crippen molar-refractivity contribution < 1.29 is 13.2 Å². The van der Waals surface area contributed by atoms with E-state index in [1.807, 2.05) is 17.0 Å². The summed E-state index contributed by atoms with van der Waals surface area (Å²) in [5.41, 5.74) is 2.00. The molecule has 148 valence electrons. The van der Waals surface area contributed by atoms with Crippen LogP contribution in [0.4, 0.5) is 0 Å². The third-order valence-electron chi connectivity index (χ3n) is 4.72. The van der Waals surface area contributed by atoms with Crippen LogP contribution >= 0.6 is 0 Å². The SMILES string of the molecule is CNS(=O)(=O)c1ccc(/C=C/C(=O)N2CCN(Cc3ccncc3)CC2)cc1. The van der Waals surface area contributed by atoms with Crippen LogP contribution in [-0.2, 0) is 21.4 Å². The van der Waals surface area contributed by atoms with Gasteiger partial charge in [0, 0.05) is 51.2 Å². The first-order chi connectivity index (χ1) is 13.5. The minimum Gasteiger partial charge on any atom is -0.337 e. The van der Waals surface area contributed by atoms with E-state index in [0.717, 1.165) is 25.2 Å². The van der Waals surface area contributed by atoms with E-state index < -0.39 is 10.0 Å². The lowest BCUT2D eigenvalue weighted by Crippen LogP contribution is -2.47. The van der Waals surface area contributed by atoms with Gasteiger partial charge in [-0.3, -0.25) is 14.7 Å². The maximum Gasteiger partial charge on any atom is 0.246 e. The second-order valence-corrected chi connectivity index (χ2v) is 8.45. The molecular formula is C20H24N4O3S. The summed E-state index contributed by atoms with van der Waals surface area (Å²) < 4.78 is 25.7. The summed E-state index contributed by atoms with van der Waals surface area (Å²) >= 11 is 0. The number of hydrogen-bond donors (Lipinski definition) is 1. The third kappa shape index (κ3) is 5.25. The number of aromatic nitrogens is 1. The second kappa shape index (κ2) is 9.09. The summed E-state index contributed by atoms with van der Waals surface area (Å²) in [5.74, 6) is -0.0320. The first kappa shape index (κ1) is 20.2. The van der Waals surface area contributed by atoms with Crippen LogP contribution in [0.15, 0.2) is 59.8 Å². The van der Waals surface area contributed by atoms with Gasteiger partial charge >= 0.3 is 0 Å². The molecule has 1 N–H and O–H groups in total. The number of sulfonamides is 1. The molecule has 28 heavy (non-hydrogen) atoms. The Labute approximate surface area is 165 Å². The van der Waals surface area contributed by atoms with Crippen molar-refractivity contribution >= 4 is 22.0 Å². The molecule has 1 amide bonds. The van der Waals surface area contributed by atoms with Gasteiger partial charge in [0.15, 0.2) is 0 Å². The molecule has 2 heterocycles. The van der Waals surface area contributed by atoms with Crippen LogP contribution in [0.3, 0.4) is 0 Å². The highest BCUT2D eigenvalue weighted by Gasteiger charge is 2.19. The van der Waals surface area contributed by atoms with Gasteiger partial charge in [0.2, 0.25) is 15.9 Å². The number of hydrogen-bond acceptors (Lipinski definition) is 5. The van der Waals surface area contributed by atoms with E-state index in [0.29, 0.717) is 13.1 Å². The highest BCUT2D eigenvalue weighted by atomic mass is 32.2. The fourth-order valence-corrected chi connectivity index (χ4v) is 3.75. The second-order valence-electron chi connectivity index (χ2n) is 6.57. The Kier molecular flexibility index (Phi) is 6.56. The average Bonchev–Trinajstić information content (AvgIpc) is 2.73. The molecule has 1 fully saturated rings. The van der Waals surface area contributed by atoms with Crippen LogP contribution in [0.2, 0.25) is 0 Å². The number of carbonyl (C=O) groups is 1. The zero-order valence-corrected chi connectivity index (χ0v) is 16.6. The van der Waals surface area contributed by atoms with Crippen molar-refractivity contribution in [2.75, 3.05) is 33.2 Å². The van der Waals surface area contributed by atoms with Crippen molar-refractivity contribution in [3.8, 4) is 0 Å². The lowest BCUT2D eigenvalue weighted by molar-refractivity contribution is -0.127. The van der Waals surface area contributed by atoms with E-state index in [4.69, 9.17) is 0 Å². The Hall–Kier alpha value is -2.55. The summed E-state index contributed by atoms with van der Waals surface area (Å²) in [6, 6.07) is 10.4. The molecule has 8 heteroatoms. The molecule has 7 nitrogen and oxygen atoms in total. The topological polar surface area (TPSA) is 82.6 Å². The van der Waals surface area contributed by atoms with Gasteiger partial charge in [-0.1, -0.05) is 12.1 Å². The number of carbonyl (C=O) groups excluding carboxylic acids is 1. The summed E-state index contributed by atoms with van der Waals surface area (Å²) in [6.45, 7) is 3.90. The fourth-order valence-electron chi connectivity index (χ4n) is 3.02. The molecule has 1 saturated heterocycles. The van der Waals surface area contributed by atoms with E-state index in [1.54, 1.807) is 36.7 Å². The molecule has 1 aromatic carbocycles. The normalized spacial score (nSPS) is 15.8. The highest BCUT2D eigenvalue weighted by molar-refractivity contribution is 7.89. The smallest absolute Gasteiger partial charge is 0.246 e. The molecule has 0 atom stereocenters. The van der Waals surface area contributed by atoms with Crippen molar-refractivity contribution in [3.05, 3.63) is 66.0 Å². The Morgan fingerprint density at radius 1 is 1.07 bits per heavy atom. The quantitative estimate of drug-likeness (QED) is 0.740. The minimum atomic E-state index is -3.45. The van der Waals surface area contributed by atoms with Crippen LogP contribution in [0, 0.1) is 0 Å². The fraction of sp³-hybridized carbons (Fsp3) is 0.300. The number of pyridine rings is 1. The number of rotatable bonds is 6. The summed E-state index contributed by atoms with van der Waals surface area (Å²) in [7, 11) is -2.08. The number of nitrogens with one attached hydrogen (secondary N) is 1. The first-order valence-corrected chi connectivity index (χ1v) is 10.6. The standard InChI is InChI=1S/C20H24N4O3S/c1-21-28(26,27)19-5-2-17(3-6-19)4-7-20(25)24-14-12-23(13-15-24)16-18-8-10-22-11-9-18/h2-11,21H,12-16H2,1H3/b7-4+. The van der Waals surface area contributed by atoms with Gasteiger partial charge in [0.05, 0.1) is 4.90 Å². The molecule has 0 unspecified atom stereocenters. The molecule has 3 rings (SSSR count). The molecule has 1 aromatic heterocycles. The molecule has 0 spiro atoms. The molecule has 1 aliphatic rings. The van der Waals surface area contributed by atoms with Crippen LogP contribution in [0.1, 0.15) is 11.1 Å². The molecule has 2 aromatic rings.